The van der Waals surface area contributed by atoms with E-state index < -0.39 is 11.9 Å². The monoisotopic (exact) mass is 486 g/mol. The minimum atomic E-state index is -2.96. The predicted octanol–water partition coefficient (Wildman–Crippen LogP) is 4.79. The van der Waals surface area contributed by atoms with E-state index in [0.29, 0.717) is 34.6 Å². The molecule has 34 heavy (non-hydrogen) atoms. The van der Waals surface area contributed by atoms with Gasteiger partial charge in [0.15, 0.2) is 11.0 Å². The maximum atomic E-state index is 13.4. The fourth-order valence-electron chi connectivity index (χ4n) is 3.28. The van der Waals surface area contributed by atoms with Gasteiger partial charge in [-0.1, -0.05) is 36.0 Å². The molecule has 2 aromatic heterocycles. The van der Waals surface area contributed by atoms with Crippen molar-refractivity contribution in [1.29, 1.82) is 0 Å². The molecule has 0 aliphatic heterocycles. The summed E-state index contributed by atoms with van der Waals surface area (Å²) in [5.74, 6) is 0.485. The van der Waals surface area contributed by atoms with Gasteiger partial charge in [0.05, 0.1) is 21.8 Å². The van der Waals surface area contributed by atoms with Gasteiger partial charge in [0, 0.05) is 6.07 Å². The molecule has 0 aliphatic rings. The summed E-state index contributed by atoms with van der Waals surface area (Å²) in [4.78, 5) is 30.9. The Hall–Kier alpha value is -3.73. The van der Waals surface area contributed by atoms with Crippen LogP contribution in [0.5, 0.6) is 5.75 Å². The molecule has 176 valence electrons. The number of halogens is 2. The van der Waals surface area contributed by atoms with Gasteiger partial charge in [0.1, 0.15) is 11.5 Å². The van der Waals surface area contributed by atoms with E-state index in [1.165, 1.54) is 28.8 Å². The highest BCUT2D eigenvalue weighted by Gasteiger charge is 2.23. The summed E-state index contributed by atoms with van der Waals surface area (Å²) >= 11 is 1.12. The van der Waals surface area contributed by atoms with E-state index in [2.05, 4.69) is 20.2 Å². The molecule has 4 aromatic rings. The number of alkyl halides is 2. The summed E-state index contributed by atoms with van der Waals surface area (Å²) in [6.45, 7) is 0.592. The Kier molecular flexibility index (Phi) is 6.92. The zero-order valence-electron chi connectivity index (χ0n) is 18.2. The number of carbonyl (C=O) groups is 1. The van der Waals surface area contributed by atoms with E-state index in [1.54, 1.807) is 37.3 Å². The number of hydrogen-bond donors (Lipinski definition) is 1. The second kappa shape index (κ2) is 10.0. The molecule has 1 N–H and O–H groups in total. The molecule has 0 radical (unpaired) electrons. The van der Waals surface area contributed by atoms with Gasteiger partial charge in [-0.2, -0.15) is 8.78 Å². The van der Waals surface area contributed by atoms with Crippen molar-refractivity contribution < 1.29 is 22.8 Å². The second-order valence-corrected chi connectivity index (χ2v) is 8.42. The lowest BCUT2D eigenvalue weighted by atomic mass is 10.2. The van der Waals surface area contributed by atoms with E-state index in [4.69, 9.17) is 4.52 Å². The van der Waals surface area contributed by atoms with Crippen molar-refractivity contribution in [1.82, 2.24) is 14.7 Å². The maximum Gasteiger partial charge on any atom is 0.387 e. The van der Waals surface area contributed by atoms with Crippen molar-refractivity contribution >= 4 is 34.4 Å². The van der Waals surface area contributed by atoms with Crippen LogP contribution in [0.3, 0.4) is 0 Å². The third-order valence-electron chi connectivity index (χ3n) is 4.86. The van der Waals surface area contributed by atoms with Gasteiger partial charge in [-0.05, 0) is 49.7 Å². The molecule has 2 aromatic carbocycles. The molecular formula is C23H20F2N4O4S. The number of carbonyl (C=O) groups excluding carboxylic acids is 1. The molecule has 11 heteroatoms. The number of rotatable bonds is 8. The molecule has 0 spiro atoms. The molecule has 0 aliphatic carbocycles. The van der Waals surface area contributed by atoms with Crippen molar-refractivity contribution in [2.24, 2.45) is 0 Å². The summed E-state index contributed by atoms with van der Waals surface area (Å²) < 4.78 is 35.8. The van der Waals surface area contributed by atoms with Gasteiger partial charge in [-0.25, -0.2) is 4.98 Å². The zero-order chi connectivity index (χ0) is 24.2. The van der Waals surface area contributed by atoms with Gasteiger partial charge in [-0.3, -0.25) is 14.2 Å². The van der Waals surface area contributed by atoms with Gasteiger partial charge in [0.2, 0.25) is 5.91 Å². The Morgan fingerprint density at radius 3 is 2.59 bits per heavy atom. The first-order valence-electron chi connectivity index (χ1n) is 10.3. The van der Waals surface area contributed by atoms with Crippen LogP contribution in [-0.4, -0.2) is 32.5 Å². The van der Waals surface area contributed by atoms with E-state index in [0.717, 1.165) is 11.8 Å². The number of para-hydroxylation sites is 1. The average molecular weight is 487 g/mol. The summed E-state index contributed by atoms with van der Waals surface area (Å²) in [6, 6.07) is 14.1. The van der Waals surface area contributed by atoms with Gasteiger partial charge in [-0.15, -0.1) is 0 Å². The van der Waals surface area contributed by atoms with Crippen LogP contribution in [0.4, 0.5) is 14.6 Å². The third-order valence-corrected chi connectivity index (χ3v) is 6.17. The van der Waals surface area contributed by atoms with Crippen LogP contribution in [0, 0.1) is 6.92 Å². The lowest BCUT2D eigenvalue weighted by molar-refractivity contribution is -0.115. The van der Waals surface area contributed by atoms with Crippen molar-refractivity contribution in [3.05, 3.63) is 70.7 Å². The molecule has 8 nitrogen and oxygen atoms in total. The Bertz CT molecular complexity index is 1370. The summed E-state index contributed by atoms with van der Waals surface area (Å²) in [6.07, 6.45) is 0.442. The normalized spacial score (nSPS) is 12.1. The molecule has 0 saturated carbocycles. The number of thioether (sulfide) groups is 1. The van der Waals surface area contributed by atoms with Crippen LogP contribution in [-0.2, 0) is 4.79 Å². The first-order valence-corrected chi connectivity index (χ1v) is 11.2. The fraction of sp³-hybridized carbons (Fsp3) is 0.217. The smallest absolute Gasteiger partial charge is 0.387 e. The predicted molar refractivity (Wildman–Crippen MR) is 124 cm³/mol. The summed E-state index contributed by atoms with van der Waals surface area (Å²) in [5, 5.41) is 6.55. The van der Waals surface area contributed by atoms with E-state index >= 15 is 0 Å². The highest BCUT2D eigenvalue weighted by Crippen LogP contribution is 2.28. The van der Waals surface area contributed by atoms with Crippen molar-refractivity contribution in [3.63, 3.8) is 0 Å². The number of ether oxygens (including phenoxy) is 1. The van der Waals surface area contributed by atoms with Crippen molar-refractivity contribution in [2.45, 2.75) is 37.3 Å². The minimum Gasteiger partial charge on any atom is -0.435 e. The topological polar surface area (TPSA) is 99.2 Å². The Balaban J connectivity index is 1.73. The number of aryl methyl sites for hydroxylation is 1. The maximum absolute atomic E-state index is 13.4. The Morgan fingerprint density at radius 2 is 1.94 bits per heavy atom. The van der Waals surface area contributed by atoms with Crippen LogP contribution in [0.1, 0.15) is 19.1 Å². The van der Waals surface area contributed by atoms with Crippen molar-refractivity contribution in [3.8, 4) is 11.4 Å². The largest absolute Gasteiger partial charge is 0.435 e. The number of hydrogen-bond acceptors (Lipinski definition) is 7. The SMILES string of the molecule is CCC(Sc1nc2ccccc2c(=O)n1-c1ccc(OC(F)F)cc1)C(=O)Nc1cc(C)on1. The standard InChI is InChI=1S/C23H20F2N4O4S/c1-3-18(20(30)27-19-12-13(2)33-28-19)34-23-26-17-7-5-4-6-16(17)21(31)29(23)14-8-10-15(11-9-14)32-22(24)25/h4-12,18,22H,3H2,1-2H3,(H,27,28,30). The molecule has 0 fully saturated rings. The van der Waals surface area contributed by atoms with Gasteiger partial charge in [0.25, 0.3) is 5.56 Å². The molecule has 1 atom stereocenters. The lowest BCUT2D eigenvalue weighted by Gasteiger charge is -2.18. The molecule has 1 unspecified atom stereocenters. The number of aromatic nitrogens is 3. The summed E-state index contributed by atoms with van der Waals surface area (Å²) in [7, 11) is 0. The van der Waals surface area contributed by atoms with E-state index in [9.17, 15) is 18.4 Å². The van der Waals surface area contributed by atoms with E-state index in [1.807, 2.05) is 6.92 Å². The van der Waals surface area contributed by atoms with Crippen LogP contribution < -0.4 is 15.6 Å². The fourth-order valence-corrected chi connectivity index (χ4v) is 4.31. The summed E-state index contributed by atoms with van der Waals surface area (Å²) in [5.41, 5.74) is 0.527. The lowest BCUT2D eigenvalue weighted by Crippen LogP contribution is -2.27. The van der Waals surface area contributed by atoms with Gasteiger partial charge >= 0.3 is 6.61 Å². The Labute approximate surface area is 196 Å². The highest BCUT2D eigenvalue weighted by atomic mass is 32.2. The van der Waals surface area contributed by atoms with Crippen LogP contribution in [0.2, 0.25) is 0 Å². The molecule has 2 heterocycles. The zero-order valence-corrected chi connectivity index (χ0v) is 19.0. The third kappa shape index (κ3) is 5.09. The Morgan fingerprint density at radius 1 is 1.21 bits per heavy atom. The van der Waals surface area contributed by atoms with Crippen molar-refractivity contribution in [2.75, 3.05) is 5.32 Å². The molecular weight excluding hydrogens is 466 g/mol. The highest BCUT2D eigenvalue weighted by molar-refractivity contribution is 8.00. The number of fused-ring (bicyclic) bond motifs is 1. The number of benzene rings is 2. The van der Waals surface area contributed by atoms with E-state index in [-0.39, 0.29) is 22.4 Å². The quantitative estimate of drug-likeness (QED) is 0.282. The number of nitrogens with zero attached hydrogens (tertiary/aromatic N) is 3. The number of anilines is 1. The first kappa shape index (κ1) is 23.4. The number of amides is 1. The minimum absolute atomic E-state index is 0.0385. The second-order valence-electron chi connectivity index (χ2n) is 7.25. The molecule has 1 amide bonds. The first-order chi connectivity index (χ1) is 16.4. The molecule has 0 bridgehead atoms. The van der Waals surface area contributed by atoms with Crippen LogP contribution in [0.15, 0.2) is 69.1 Å². The number of nitrogens with one attached hydrogen (secondary N) is 1. The molecule has 4 rings (SSSR count). The van der Waals surface area contributed by atoms with Crippen LogP contribution in [0.25, 0.3) is 16.6 Å². The molecule has 0 saturated heterocycles. The average Bonchev–Trinajstić information content (AvgIpc) is 3.22. The van der Waals surface area contributed by atoms with Crippen LogP contribution >= 0.6 is 11.8 Å². The van der Waals surface area contributed by atoms with Gasteiger partial charge < -0.3 is 14.6 Å².